The van der Waals surface area contributed by atoms with Crippen molar-refractivity contribution >= 4 is 3.21 Å². The van der Waals surface area contributed by atoms with Gasteiger partial charge in [-0.3, -0.25) is 0 Å². The Balaban J connectivity index is 0.000000236. The van der Waals surface area contributed by atoms with Crippen molar-refractivity contribution in [1.82, 2.24) is 0 Å². The second kappa shape index (κ2) is 19.0. The average molecular weight is 823 g/mol. The number of fused-ring (bicyclic) bond motifs is 3. The molecule has 3 heteroatoms. The molecule has 54 heavy (non-hydrogen) atoms. The molecule has 0 bridgehead atoms. The van der Waals surface area contributed by atoms with Gasteiger partial charge in [-0.1, -0.05) is 81.4 Å². The van der Waals surface area contributed by atoms with E-state index in [0.29, 0.717) is 0 Å². The van der Waals surface area contributed by atoms with Crippen molar-refractivity contribution < 1.29 is 49.0 Å². The van der Waals surface area contributed by atoms with Gasteiger partial charge >= 0.3 is 112 Å². The van der Waals surface area contributed by atoms with Gasteiger partial charge in [-0.2, -0.15) is 42.0 Å². The van der Waals surface area contributed by atoms with Crippen molar-refractivity contribution in [3.05, 3.63) is 206 Å². The maximum absolute atomic E-state index is 3.62. The summed E-state index contributed by atoms with van der Waals surface area (Å²) in [6.45, 7) is 17.5. The molecule has 0 atom stereocenters. The Labute approximate surface area is 351 Å². The Hall–Kier alpha value is -4.00. The van der Waals surface area contributed by atoms with Crippen LogP contribution in [0.15, 0.2) is 133 Å². The van der Waals surface area contributed by atoms with Crippen molar-refractivity contribution in [1.29, 1.82) is 0 Å². The number of hydrogen-bond donors (Lipinski definition) is 0. The van der Waals surface area contributed by atoms with Crippen molar-refractivity contribution in [2.24, 2.45) is 0 Å². The van der Waals surface area contributed by atoms with E-state index in [1.54, 1.807) is 0 Å². The van der Waals surface area contributed by atoms with Crippen LogP contribution in [0, 0.1) is 61.5 Å². The molecule has 0 nitrogen and oxygen atoms in total. The fourth-order valence-corrected chi connectivity index (χ4v) is 8.40. The van der Waals surface area contributed by atoms with E-state index in [1.807, 2.05) is 30.3 Å². The molecule has 1 aliphatic rings. The van der Waals surface area contributed by atoms with Crippen molar-refractivity contribution in [2.45, 2.75) is 61.8 Å². The van der Waals surface area contributed by atoms with Crippen LogP contribution < -0.4 is 24.8 Å². The third kappa shape index (κ3) is 10.00. The summed E-state index contributed by atoms with van der Waals surface area (Å²) in [5, 5.41) is 0. The molecule has 0 saturated carbocycles. The fraction of sp³-hybridized carbons (Fsp3) is 0.176. The van der Waals surface area contributed by atoms with Crippen LogP contribution in [-0.2, 0) is 30.7 Å². The molecule has 0 spiro atoms. The molecule has 0 saturated heterocycles. The Morgan fingerprint density at radius 1 is 0.519 bits per heavy atom. The van der Waals surface area contributed by atoms with E-state index in [2.05, 4.69) is 165 Å². The summed E-state index contributed by atoms with van der Waals surface area (Å²) in [6, 6.07) is 51.9. The number of rotatable bonds is 4. The van der Waals surface area contributed by atoms with E-state index in [-0.39, 0.29) is 24.8 Å². The van der Waals surface area contributed by atoms with Crippen LogP contribution in [0.5, 0.6) is 0 Å². The van der Waals surface area contributed by atoms with Gasteiger partial charge in [-0.25, -0.2) is 12.1 Å². The van der Waals surface area contributed by atoms with E-state index >= 15 is 0 Å². The monoisotopic (exact) mass is 820 g/mol. The molecule has 0 radical (unpaired) electrons. The van der Waals surface area contributed by atoms with Crippen molar-refractivity contribution in [3.63, 3.8) is 0 Å². The van der Waals surface area contributed by atoms with Gasteiger partial charge in [-0.15, -0.1) is 11.1 Å². The van der Waals surface area contributed by atoms with Crippen LogP contribution >= 0.6 is 0 Å². The summed E-state index contributed by atoms with van der Waals surface area (Å²) in [5.41, 5.74) is 24.1. The first-order chi connectivity index (χ1) is 25.0. The van der Waals surface area contributed by atoms with E-state index < -0.39 is 0 Å². The smallest absolute Gasteiger partial charge is 0.172 e. The second-order valence-electron chi connectivity index (χ2n) is 14.4. The summed E-state index contributed by atoms with van der Waals surface area (Å²) < 4.78 is 1.42. The van der Waals surface area contributed by atoms with E-state index in [9.17, 15) is 0 Å². The summed E-state index contributed by atoms with van der Waals surface area (Å²) in [7, 11) is 0. The van der Waals surface area contributed by atoms with Crippen LogP contribution in [0.3, 0.4) is 0 Å². The van der Waals surface area contributed by atoms with Gasteiger partial charge in [0.25, 0.3) is 0 Å². The zero-order valence-corrected chi connectivity index (χ0v) is 36.6. The first-order valence-corrected chi connectivity index (χ1v) is 19.4. The van der Waals surface area contributed by atoms with Crippen LogP contribution in [0.4, 0.5) is 0 Å². The van der Waals surface area contributed by atoms with Crippen LogP contribution in [0.1, 0.15) is 66.8 Å². The Morgan fingerprint density at radius 3 is 1.41 bits per heavy atom. The maximum atomic E-state index is 3.62. The molecular weight excluding hydrogens is 775 g/mol. The normalized spacial score (nSPS) is 10.7. The van der Waals surface area contributed by atoms with E-state index in [4.69, 9.17) is 0 Å². The second-order valence-corrected chi connectivity index (χ2v) is 15.7. The largest absolute Gasteiger partial charge is 1.00 e. The standard InChI is InChI=1S/C31H29.C15H14.C5H5.2ClH.Zr/c1-18-11-20(3)30(21(4)12-18)26-9-7-24-15-25-8-10-27(17-29(25)28(24)16-26)31-22(5)13-19(2)14-23(31)6;1-12-3-7-14(8-4-12)11-15-9-5-13(2)6-10-15;1-2-4-5-3-1;;;/h7,9-14,16-17H,15H2,1-6H3;3-10H,1-2H3;1-5H;2*1H;/q-1;;-1;;;+2/p-2. The van der Waals surface area contributed by atoms with Gasteiger partial charge in [0.1, 0.15) is 0 Å². The summed E-state index contributed by atoms with van der Waals surface area (Å²) in [6.07, 6.45) is 0.975. The number of benzene rings is 6. The molecule has 0 unspecified atom stereocenters. The first-order valence-electron chi connectivity index (χ1n) is 18.2. The Morgan fingerprint density at radius 2 is 0.963 bits per heavy atom. The van der Waals surface area contributed by atoms with Gasteiger partial charge in [-0.05, 0) is 70.2 Å². The van der Waals surface area contributed by atoms with Crippen molar-refractivity contribution in [2.75, 3.05) is 0 Å². The zero-order valence-electron chi connectivity index (χ0n) is 32.7. The molecule has 0 N–H and O–H groups in total. The minimum Gasteiger partial charge on any atom is -1.00 e. The Bertz CT molecular complexity index is 2130. The number of hydrogen-bond acceptors (Lipinski definition) is 0. The first kappa shape index (κ1) is 42.7. The van der Waals surface area contributed by atoms with Gasteiger partial charge in [0.15, 0.2) is 0 Å². The summed E-state index contributed by atoms with van der Waals surface area (Å²) in [4.78, 5) is 0. The van der Waals surface area contributed by atoms with Crippen LogP contribution in [0.25, 0.3) is 33.4 Å². The molecule has 0 heterocycles. The number of halogens is 2. The van der Waals surface area contributed by atoms with Gasteiger partial charge in [0, 0.05) is 0 Å². The molecule has 0 aromatic heterocycles. The average Bonchev–Trinajstić information content (AvgIpc) is 3.81. The quantitative estimate of drug-likeness (QED) is 0.167. The predicted octanol–water partition coefficient (Wildman–Crippen LogP) is 7.08. The third-order valence-electron chi connectivity index (χ3n) is 9.96. The molecule has 1 aliphatic carbocycles. The topological polar surface area (TPSA) is 0 Å². The number of aryl methyl sites for hydroxylation is 8. The zero-order chi connectivity index (χ0) is 36.9. The van der Waals surface area contributed by atoms with Gasteiger partial charge in [0.05, 0.1) is 0 Å². The van der Waals surface area contributed by atoms with Crippen molar-refractivity contribution in [3.8, 4) is 33.4 Å². The van der Waals surface area contributed by atoms with Crippen LogP contribution in [0.2, 0.25) is 0 Å². The predicted molar refractivity (Wildman–Crippen MR) is 220 cm³/mol. The maximum Gasteiger partial charge on any atom is -0.172 e. The molecule has 0 aliphatic heterocycles. The SMILES string of the molecule is Cc1cc(C)c(-c2c[c-]c3c(c2)-c2cc(-c4c(C)cc(C)cc4C)ccc2C3)c(C)c1.Cc1ccc([C](=[Zr+2])c2ccc(C)cc2)cc1.[Cl-].[Cl-].c1cc[cH-]c1. The molecule has 0 amide bonds. The summed E-state index contributed by atoms with van der Waals surface area (Å²) in [5.74, 6) is 0. The molecule has 7 aromatic carbocycles. The summed E-state index contributed by atoms with van der Waals surface area (Å²) >= 11 is 1.46. The molecule has 272 valence electrons. The fourth-order valence-electron chi connectivity index (χ4n) is 7.58. The molecule has 0 fully saturated rings. The minimum atomic E-state index is 0. The Kier molecular flexibility index (Phi) is 15.1. The molecule has 8 rings (SSSR count). The van der Waals surface area contributed by atoms with Crippen LogP contribution in [-0.4, -0.2) is 3.21 Å². The van der Waals surface area contributed by atoms with E-state index in [0.717, 1.165) is 6.42 Å². The van der Waals surface area contributed by atoms with E-state index in [1.165, 1.54) is 128 Å². The van der Waals surface area contributed by atoms with Gasteiger partial charge < -0.3 is 24.8 Å². The minimum absolute atomic E-state index is 0. The third-order valence-corrected chi connectivity index (χ3v) is 11.4. The van der Waals surface area contributed by atoms with Gasteiger partial charge in [0.2, 0.25) is 0 Å². The molecule has 7 aromatic rings. The molecular formula is C51H48Cl2Zr-2.